The first-order valence-electron chi connectivity index (χ1n) is 6.73. The second kappa shape index (κ2) is 8.60. The summed E-state index contributed by atoms with van der Waals surface area (Å²) in [6.07, 6.45) is 7.03. The normalized spacial score (nSPS) is 11.6. The van der Waals surface area contributed by atoms with Crippen molar-refractivity contribution in [2.75, 3.05) is 19.2 Å². The Morgan fingerprint density at radius 1 is 1.55 bits per heavy atom. The Hall–Kier alpha value is -2.65. The number of hydrazine groups is 1. The van der Waals surface area contributed by atoms with E-state index in [9.17, 15) is 0 Å². The predicted molar refractivity (Wildman–Crippen MR) is 89.2 cm³/mol. The molecule has 6 heteroatoms. The molecule has 22 heavy (non-hydrogen) atoms. The molecule has 0 radical (unpaired) electrons. The van der Waals surface area contributed by atoms with E-state index in [0.717, 1.165) is 16.8 Å². The Labute approximate surface area is 131 Å². The second-order valence-corrected chi connectivity index (χ2v) is 4.50. The fourth-order valence-corrected chi connectivity index (χ4v) is 1.80. The van der Waals surface area contributed by atoms with Crippen molar-refractivity contribution in [1.82, 2.24) is 5.43 Å². The third-order valence-corrected chi connectivity index (χ3v) is 3.05. The van der Waals surface area contributed by atoms with Crippen molar-refractivity contribution < 1.29 is 9.47 Å². The number of methoxy groups -OCH3 is 1. The fourth-order valence-electron chi connectivity index (χ4n) is 1.80. The highest BCUT2D eigenvalue weighted by Crippen LogP contribution is 2.28. The summed E-state index contributed by atoms with van der Waals surface area (Å²) < 4.78 is 11.1. The van der Waals surface area contributed by atoms with Gasteiger partial charge in [-0.2, -0.15) is 0 Å². The van der Waals surface area contributed by atoms with E-state index in [1.165, 1.54) is 5.01 Å². The highest BCUT2D eigenvalue weighted by molar-refractivity contribution is 5.92. The van der Waals surface area contributed by atoms with E-state index in [4.69, 9.17) is 21.7 Å². The van der Waals surface area contributed by atoms with E-state index in [2.05, 4.69) is 16.6 Å². The zero-order valence-corrected chi connectivity index (χ0v) is 13.4. The Kier molecular flexibility index (Phi) is 6.80. The van der Waals surface area contributed by atoms with Gasteiger partial charge in [-0.15, -0.1) is 5.10 Å². The Balaban J connectivity index is 3.06. The third-order valence-electron chi connectivity index (χ3n) is 3.05. The molecule has 0 aliphatic carbocycles. The summed E-state index contributed by atoms with van der Waals surface area (Å²) in [5.74, 6) is 6.96. The van der Waals surface area contributed by atoms with Gasteiger partial charge in [0.2, 0.25) is 5.90 Å². The van der Waals surface area contributed by atoms with Crippen LogP contribution in [0.25, 0.3) is 0 Å². The summed E-state index contributed by atoms with van der Waals surface area (Å²) >= 11 is 0. The maximum absolute atomic E-state index is 5.85. The minimum atomic E-state index is 0.247. The minimum absolute atomic E-state index is 0.247. The van der Waals surface area contributed by atoms with Gasteiger partial charge in [0.15, 0.2) is 0 Å². The predicted octanol–water partition coefficient (Wildman–Crippen LogP) is 1.98. The van der Waals surface area contributed by atoms with Crippen molar-refractivity contribution in [2.24, 2.45) is 10.9 Å². The molecule has 1 aromatic carbocycles. The van der Waals surface area contributed by atoms with Crippen LogP contribution in [0.5, 0.6) is 5.75 Å². The lowest BCUT2D eigenvalue weighted by Gasteiger charge is -2.20. The van der Waals surface area contributed by atoms with Gasteiger partial charge in [0.05, 0.1) is 18.4 Å². The van der Waals surface area contributed by atoms with Gasteiger partial charge in [-0.25, -0.2) is 11.3 Å². The molecule has 0 atom stereocenters. The smallest absolute Gasteiger partial charge is 0.234 e. The number of ether oxygens (including phenoxy) is 2. The van der Waals surface area contributed by atoms with Gasteiger partial charge in [-0.1, -0.05) is 18.6 Å². The molecule has 0 spiro atoms. The molecule has 0 unspecified atom stereocenters. The molecule has 0 aromatic heterocycles. The van der Waals surface area contributed by atoms with Crippen molar-refractivity contribution >= 4 is 11.6 Å². The Morgan fingerprint density at radius 3 is 2.82 bits per heavy atom. The van der Waals surface area contributed by atoms with Crippen molar-refractivity contribution in [3.63, 3.8) is 0 Å². The summed E-state index contributed by atoms with van der Waals surface area (Å²) in [4.78, 5) is 0. The molecule has 1 rings (SSSR count). The highest BCUT2D eigenvalue weighted by Gasteiger charge is 2.13. The van der Waals surface area contributed by atoms with Gasteiger partial charge in [-0.05, 0) is 26.0 Å². The van der Waals surface area contributed by atoms with Gasteiger partial charge < -0.3 is 14.5 Å². The number of benzene rings is 1. The number of rotatable bonds is 6. The van der Waals surface area contributed by atoms with E-state index < -0.39 is 0 Å². The molecule has 0 bridgehead atoms. The van der Waals surface area contributed by atoms with Gasteiger partial charge in [0, 0.05) is 18.7 Å². The number of nitrogens with one attached hydrogen (secondary N) is 1. The SMILES string of the molecule is C#CN/N=C(OCc1c(OC)cccc1N(C)N)\C(C)=C/C. The van der Waals surface area contributed by atoms with Gasteiger partial charge in [0.1, 0.15) is 12.4 Å². The first-order chi connectivity index (χ1) is 10.5. The number of nitrogens with two attached hydrogens (primary N) is 1. The standard InChI is InChI=1S/C16H22N4O2/c1-6-12(3)16(19-18-7-2)22-11-13-14(20(4)17)9-8-10-15(13)21-5/h2,6,8-10,18H,11,17H2,1,3-5H3/b12-6-,19-16+. The van der Waals surface area contributed by atoms with Crippen LogP contribution in [0.4, 0.5) is 5.69 Å². The van der Waals surface area contributed by atoms with Crippen LogP contribution < -0.4 is 21.0 Å². The van der Waals surface area contributed by atoms with Crippen LogP contribution in [0.1, 0.15) is 19.4 Å². The van der Waals surface area contributed by atoms with E-state index in [0.29, 0.717) is 11.6 Å². The van der Waals surface area contributed by atoms with Gasteiger partial charge >= 0.3 is 0 Å². The molecule has 0 fully saturated rings. The van der Waals surface area contributed by atoms with E-state index >= 15 is 0 Å². The van der Waals surface area contributed by atoms with Gasteiger partial charge in [-0.3, -0.25) is 0 Å². The third kappa shape index (κ3) is 4.43. The summed E-state index contributed by atoms with van der Waals surface area (Å²) in [7, 11) is 3.36. The molecule has 0 aliphatic heterocycles. The minimum Gasteiger partial charge on any atom is -0.496 e. The molecule has 118 valence electrons. The van der Waals surface area contributed by atoms with Crippen molar-refractivity contribution in [2.45, 2.75) is 20.5 Å². The van der Waals surface area contributed by atoms with Crippen molar-refractivity contribution in [3.8, 4) is 18.2 Å². The molecule has 0 saturated carbocycles. The van der Waals surface area contributed by atoms with Crippen LogP contribution in [0, 0.1) is 12.5 Å². The molecular weight excluding hydrogens is 280 g/mol. The molecule has 0 amide bonds. The molecular formula is C16H22N4O2. The van der Waals surface area contributed by atoms with E-state index in [-0.39, 0.29) is 6.61 Å². The van der Waals surface area contributed by atoms with E-state index in [1.54, 1.807) is 14.2 Å². The van der Waals surface area contributed by atoms with Crippen molar-refractivity contribution in [3.05, 3.63) is 35.4 Å². The van der Waals surface area contributed by atoms with Crippen LogP contribution in [-0.2, 0) is 11.3 Å². The summed E-state index contributed by atoms with van der Waals surface area (Å²) in [5, 5.41) is 5.53. The number of nitrogens with zero attached hydrogens (tertiary/aromatic N) is 2. The fraction of sp³-hybridized carbons (Fsp3) is 0.312. The molecule has 6 nitrogen and oxygen atoms in total. The number of hydrazone groups is 1. The largest absolute Gasteiger partial charge is 0.496 e. The Morgan fingerprint density at radius 2 is 2.27 bits per heavy atom. The molecule has 0 aliphatic rings. The maximum Gasteiger partial charge on any atom is 0.234 e. The lowest BCUT2D eigenvalue weighted by atomic mass is 10.1. The van der Waals surface area contributed by atoms with Crippen LogP contribution in [0.15, 0.2) is 34.9 Å². The molecule has 1 aromatic rings. The zero-order valence-electron chi connectivity index (χ0n) is 13.4. The van der Waals surface area contributed by atoms with Crippen LogP contribution >= 0.6 is 0 Å². The molecule has 0 saturated heterocycles. The average Bonchev–Trinajstić information content (AvgIpc) is 2.53. The number of hydrogen-bond donors (Lipinski definition) is 2. The molecule has 3 N–H and O–H groups in total. The summed E-state index contributed by atoms with van der Waals surface area (Å²) in [6.45, 7) is 4.03. The second-order valence-electron chi connectivity index (χ2n) is 4.50. The maximum atomic E-state index is 5.85. The first kappa shape index (κ1) is 17.4. The monoisotopic (exact) mass is 302 g/mol. The summed E-state index contributed by atoms with van der Waals surface area (Å²) in [5.41, 5.74) is 4.94. The quantitative estimate of drug-likeness (QED) is 0.210. The summed E-state index contributed by atoms with van der Waals surface area (Å²) in [6, 6.07) is 7.84. The zero-order chi connectivity index (χ0) is 16.5. The number of anilines is 1. The highest BCUT2D eigenvalue weighted by atomic mass is 16.5. The Bertz CT molecular complexity index is 601. The van der Waals surface area contributed by atoms with Crippen LogP contribution in [0.3, 0.4) is 0 Å². The number of allylic oxidation sites excluding steroid dienone is 1. The lowest BCUT2D eigenvalue weighted by Crippen LogP contribution is -2.26. The average molecular weight is 302 g/mol. The topological polar surface area (TPSA) is 72.1 Å². The number of hydrogen-bond acceptors (Lipinski definition) is 6. The number of terminal acetylenes is 1. The van der Waals surface area contributed by atoms with Crippen LogP contribution in [0.2, 0.25) is 0 Å². The lowest BCUT2D eigenvalue weighted by molar-refractivity contribution is 0.282. The van der Waals surface area contributed by atoms with Crippen LogP contribution in [-0.4, -0.2) is 20.1 Å². The van der Waals surface area contributed by atoms with Crippen molar-refractivity contribution in [1.29, 1.82) is 0 Å². The first-order valence-corrected chi connectivity index (χ1v) is 6.73. The molecule has 0 heterocycles. The van der Waals surface area contributed by atoms with Gasteiger partial charge in [0.25, 0.3) is 0 Å². The van der Waals surface area contributed by atoms with E-state index in [1.807, 2.05) is 38.1 Å².